The molecule has 4 heteroatoms. The summed E-state index contributed by atoms with van der Waals surface area (Å²) in [6, 6.07) is 23.5. The molecule has 0 aliphatic heterocycles. The van der Waals surface area contributed by atoms with Gasteiger partial charge in [-0.3, -0.25) is 0 Å². The number of hydrogen-bond acceptors (Lipinski definition) is 4. The molecule has 2 heterocycles. The van der Waals surface area contributed by atoms with Gasteiger partial charge in [-0.15, -0.1) is 21.5 Å². The molecule has 0 radical (unpaired) electrons. The SMILES string of the molecule is CC(C)c1nnc(-c2ccc(-c3cccc4c3sc3ccccc34)cc2)o1. The number of hydrogen-bond donors (Lipinski definition) is 0. The standard InChI is InChI=1S/C23H18N2OS/c1-14(2)22-24-25-23(26-22)16-12-10-15(11-13-16)17-7-5-8-19-18-6-3-4-9-20(18)27-21(17)19/h3-14H,1-2H3. The zero-order valence-corrected chi connectivity index (χ0v) is 16.0. The molecule has 5 rings (SSSR count). The van der Waals surface area contributed by atoms with Crippen molar-refractivity contribution in [3.8, 4) is 22.6 Å². The second-order valence-electron chi connectivity index (χ2n) is 6.96. The van der Waals surface area contributed by atoms with Gasteiger partial charge in [0.1, 0.15) is 0 Å². The smallest absolute Gasteiger partial charge is 0.247 e. The number of benzene rings is 3. The van der Waals surface area contributed by atoms with E-state index in [1.54, 1.807) is 0 Å². The first kappa shape index (κ1) is 16.2. The van der Waals surface area contributed by atoms with E-state index in [9.17, 15) is 0 Å². The van der Waals surface area contributed by atoms with E-state index in [4.69, 9.17) is 4.42 Å². The van der Waals surface area contributed by atoms with Gasteiger partial charge >= 0.3 is 0 Å². The first-order valence-corrected chi connectivity index (χ1v) is 9.87. The Hall–Kier alpha value is -2.98. The first-order chi connectivity index (χ1) is 13.2. The van der Waals surface area contributed by atoms with Gasteiger partial charge in [-0.25, -0.2) is 0 Å². The van der Waals surface area contributed by atoms with E-state index in [0.717, 1.165) is 5.56 Å². The fraction of sp³-hybridized carbons (Fsp3) is 0.130. The Balaban J connectivity index is 1.58. The molecule has 5 aromatic rings. The second kappa shape index (κ2) is 6.32. The lowest BCUT2D eigenvalue weighted by Gasteiger charge is -2.04. The van der Waals surface area contributed by atoms with Crippen molar-refractivity contribution in [1.82, 2.24) is 10.2 Å². The zero-order valence-electron chi connectivity index (χ0n) is 15.1. The number of aromatic nitrogens is 2. The van der Waals surface area contributed by atoms with Crippen LogP contribution in [-0.4, -0.2) is 10.2 Å². The van der Waals surface area contributed by atoms with Crippen molar-refractivity contribution in [2.75, 3.05) is 0 Å². The third-order valence-corrected chi connectivity index (χ3v) is 6.00. The lowest BCUT2D eigenvalue weighted by molar-refractivity contribution is 0.481. The second-order valence-corrected chi connectivity index (χ2v) is 8.01. The summed E-state index contributed by atoms with van der Waals surface area (Å²) in [4.78, 5) is 0. The Kier molecular flexibility index (Phi) is 3.80. The summed E-state index contributed by atoms with van der Waals surface area (Å²) in [6.45, 7) is 4.10. The van der Waals surface area contributed by atoms with Gasteiger partial charge in [-0.1, -0.05) is 62.4 Å². The monoisotopic (exact) mass is 370 g/mol. The highest BCUT2D eigenvalue weighted by Crippen LogP contribution is 2.40. The highest BCUT2D eigenvalue weighted by Gasteiger charge is 2.13. The Morgan fingerprint density at radius 2 is 1.52 bits per heavy atom. The van der Waals surface area contributed by atoms with Crippen LogP contribution >= 0.6 is 11.3 Å². The van der Waals surface area contributed by atoms with Crippen molar-refractivity contribution in [3.05, 3.63) is 72.6 Å². The normalized spacial score (nSPS) is 11.7. The maximum atomic E-state index is 5.77. The van der Waals surface area contributed by atoms with Crippen LogP contribution in [0.4, 0.5) is 0 Å². The predicted molar refractivity (Wildman–Crippen MR) is 112 cm³/mol. The van der Waals surface area contributed by atoms with Crippen LogP contribution in [0.2, 0.25) is 0 Å². The maximum absolute atomic E-state index is 5.77. The Morgan fingerprint density at radius 1 is 0.778 bits per heavy atom. The zero-order chi connectivity index (χ0) is 18.4. The Labute approximate surface area is 161 Å². The van der Waals surface area contributed by atoms with Crippen molar-refractivity contribution in [2.45, 2.75) is 19.8 Å². The Morgan fingerprint density at radius 3 is 2.30 bits per heavy atom. The molecule has 0 amide bonds. The molecule has 0 bridgehead atoms. The van der Waals surface area contributed by atoms with Crippen LogP contribution in [-0.2, 0) is 0 Å². The molecular formula is C23H18N2OS. The molecule has 132 valence electrons. The number of thiophene rings is 1. The minimum absolute atomic E-state index is 0.232. The molecule has 3 aromatic carbocycles. The van der Waals surface area contributed by atoms with E-state index < -0.39 is 0 Å². The van der Waals surface area contributed by atoms with Crippen molar-refractivity contribution in [1.29, 1.82) is 0 Å². The van der Waals surface area contributed by atoms with Crippen molar-refractivity contribution >= 4 is 31.5 Å². The highest BCUT2D eigenvalue weighted by atomic mass is 32.1. The van der Waals surface area contributed by atoms with E-state index in [1.807, 2.05) is 25.2 Å². The molecule has 0 fully saturated rings. The van der Waals surface area contributed by atoms with Gasteiger partial charge in [0.2, 0.25) is 11.8 Å². The van der Waals surface area contributed by atoms with Crippen molar-refractivity contribution in [3.63, 3.8) is 0 Å². The molecule has 0 unspecified atom stereocenters. The summed E-state index contributed by atoms with van der Waals surface area (Å²) in [5.41, 5.74) is 3.40. The minimum Gasteiger partial charge on any atom is -0.420 e. The number of rotatable bonds is 3. The van der Waals surface area contributed by atoms with Gasteiger partial charge in [-0.2, -0.15) is 0 Å². The Bertz CT molecular complexity index is 1250. The third kappa shape index (κ3) is 2.73. The van der Waals surface area contributed by atoms with E-state index in [2.05, 4.69) is 76.9 Å². The van der Waals surface area contributed by atoms with E-state index in [-0.39, 0.29) is 5.92 Å². The summed E-state index contributed by atoms with van der Waals surface area (Å²) >= 11 is 1.85. The fourth-order valence-corrected chi connectivity index (χ4v) is 4.59. The molecule has 0 aliphatic rings. The van der Waals surface area contributed by atoms with Gasteiger partial charge < -0.3 is 4.42 Å². The molecule has 0 saturated carbocycles. The van der Waals surface area contributed by atoms with E-state index >= 15 is 0 Å². The lowest BCUT2D eigenvalue weighted by Crippen LogP contribution is -1.85. The summed E-state index contributed by atoms with van der Waals surface area (Å²) < 4.78 is 8.41. The molecule has 0 aliphatic carbocycles. The lowest BCUT2D eigenvalue weighted by atomic mass is 10.0. The van der Waals surface area contributed by atoms with Crippen LogP contribution < -0.4 is 0 Å². The molecule has 0 spiro atoms. The largest absolute Gasteiger partial charge is 0.420 e. The molecule has 0 N–H and O–H groups in total. The topological polar surface area (TPSA) is 38.9 Å². The van der Waals surface area contributed by atoms with Crippen LogP contribution in [0.3, 0.4) is 0 Å². The van der Waals surface area contributed by atoms with Gasteiger partial charge in [0.15, 0.2) is 0 Å². The summed E-state index contributed by atoms with van der Waals surface area (Å²) in [5, 5.41) is 10.9. The maximum Gasteiger partial charge on any atom is 0.247 e. The summed E-state index contributed by atoms with van der Waals surface area (Å²) in [5.74, 6) is 1.48. The third-order valence-electron chi connectivity index (χ3n) is 4.78. The summed E-state index contributed by atoms with van der Waals surface area (Å²) in [7, 11) is 0. The van der Waals surface area contributed by atoms with Crippen molar-refractivity contribution in [2.24, 2.45) is 0 Å². The summed E-state index contributed by atoms with van der Waals surface area (Å²) in [6.07, 6.45) is 0. The van der Waals surface area contributed by atoms with Gasteiger partial charge in [0.05, 0.1) is 0 Å². The average molecular weight is 370 g/mol. The van der Waals surface area contributed by atoms with Crippen LogP contribution in [0.15, 0.2) is 71.1 Å². The molecule has 2 aromatic heterocycles. The van der Waals surface area contributed by atoms with Crippen LogP contribution in [0, 0.1) is 0 Å². The van der Waals surface area contributed by atoms with Crippen LogP contribution in [0.25, 0.3) is 42.8 Å². The number of nitrogens with zero attached hydrogens (tertiary/aromatic N) is 2. The molecule has 3 nitrogen and oxygen atoms in total. The predicted octanol–water partition coefficient (Wildman–Crippen LogP) is 6.89. The molecule has 0 atom stereocenters. The van der Waals surface area contributed by atoms with Crippen molar-refractivity contribution < 1.29 is 4.42 Å². The van der Waals surface area contributed by atoms with Crippen LogP contribution in [0.5, 0.6) is 0 Å². The fourth-order valence-electron chi connectivity index (χ4n) is 3.35. The van der Waals surface area contributed by atoms with Gasteiger partial charge in [0.25, 0.3) is 0 Å². The molecule has 27 heavy (non-hydrogen) atoms. The minimum atomic E-state index is 0.232. The van der Waals surface area contributed by atoms with Crippen LogP contribution in [0.1, 0.15) is 25.7 Å². The quantitative estimate of drug-likeness (QED) is 0.347. The molecule has 0 saturated heterocycles. The van der Waals surface area contributed by atoms with Gasteiger partial charge in [-0.05, 0) is 29.3 Å². The molecular weight excluding hydrogens is 352 g/mol. The average Bonchev–Trinajstić information content (AvgIpc) is 3.33. The number of fused-ring (bicyclic) bond motifs is 3. The van der Waals surface area contributed by atoms with Gasteiger partial charge in [0, 0.05) is 31.7 Å². The van der Waals surface area contributed by atoms with E-state index in [0.29, 0.717) is 11.8 Å². The van der Waals surface area contributed by atoms with E-state index in [1.165, 1.54) is 31.3 Å². The highest BCUT2D eigenvalue weighted by molar-refractivity contribution is 7.26. The first-order valence-electron chi connectivity index (χ1n) is 9.05.